The van der Waals surface area contributed by atoms with Crippen LogP contribution in [-0.2, 0) is 14.8 Å². The smallest absolute Gasteiger partial charge is 0.324 e. The van der Waals surface area contributed by atoms with Crippen LogP contribution in [0.3, 0.4) is 0 Å². The molecule has 2 fully saturated rings. The Morgan fingerprint density at radius 2 is 2.10 bits per heavy atom. The zero-order valence-corrected chi connectivity index (χ0v) is 17.1. The van der Waals surface area contributed by atoms with E-state index >= 15 is 0 Å². The Kier molecular flexibility index (Phi) is 6.78. The lowest BCUT2D eigenvalue weighted by Gasteiger charge is -2.13. The Bertz CT molecular complexity index is 852. The van der Waals surface area contributed by atoms with Gasteiger partial charge in [-0.15, -0.1) is 0 Å². The van der Waals surface area contributed by atoms with E-state index in [9.17, 15) is 22.4 Å². The maximum absolute atomic E-state index is 13.9. The number of halogens is 1. The lowest BCUT2D eigenvalue weighted by atomic mass is 10.2. The summed E-state index contributed by atoms with van der Waals surface area (Å²) < 4.78 is 51.5. The van der Waals surface area contributed by atoms with Crippen molar-refractivity contribution in [3.63, 3.8) is 0 Å². The van der Waals surface area contributed by atoms with Crippen molar-refractivity contribution >= 4 is 22.0 Å². The molecule has 1 aliphatic carbocycles. The quantitative estimate of drug-likeness (QED) is 0.386. The van der Waals surface area contributed by atoms with Gasteiger partial charge in [-0.1, -0.05) is 6.42 Å². The maximum Gasteiger partial charge on any atom is 0.324 e. The van der Waals surface area contributed by atoms with Gasteiger partial charge in [0.05, 0.1) is 18.4 Å². The molecule has 0 radical (unpaired) electrons. The summed E-state index contributed by atoms with van der Waals surface area (Å²) in [6, 6.07) is -0.00555. The monoisotopic (exact) mass is 431 g/mol. The van der Waals surface area contributed by atoms with Crippen molar-refractivity contribution in [2.45, 2.75) is 45.1 Å². The SMILES string of the molecule is CC(NS(=O)(=O)CCCCCN1CC(=O)NC1=O)c1cc(F)c(OCC2CC2)o1. The first-order valence-corrected chi connectivity index (χ1v) is 11.4. The second-order valence-electron chi connectivity index (χ2n) is 7.53. The fraction of sp³-hybridized carbons (Fsp3) is 0.667. The number of hydrogen-bond acceptors (Lipinski definition) is 6. The van der Waals surface area contributed by atoms with E-state index < -0.39 is 27.9 Å². The normalized spacial score (nSPS) is 18.2. The summed E-state index contributed by atoms with van der Waals surface area (Å²) >= 11 is 0. The summed E-state index contributed by atoms with van der Waals surface area (Å²) in [6.07, 6.45) is 3.70. The number of ether oxygens (including phenoxy) is 1. The van der Waals surface area contributed by atoms with Crippen molar-refractivity contribution in [2.24, 2.45) is 5.92 Å². The van der Waals surface area contributed by atoms with Crippen LogP contribution >= 0.6 is 0 Å². The minimum Gasteiger partial charge on any atom is -0.463 e. The molecule has 9 nitrogen and oxygen atoms in total. The number of sulfonamides is 1. The Morgan fingerprint density at radius 1 is 1.34 bits per heavy atom. The number of nitrogens with one attached hydrogen (secondary N) is 2. The molecule has 1 unspecified atom stereocenters. The molecule has 11 heteroatoms. The average molecular weight is 431 g/mol. The first kappa shape index (κ1) is 21.6. The molecule has 1 aliphatic heterocycles. The molecule has 0 spiro atoms. The predicted molar refractivity (Wildman–Crippen MR) is 101 cm³/mol. The lowest BCUT2D eigenvalue weighted by Crippen LogP contribution is -2.30. The molecule has 29 heavy (non-hydrogen) atoms. The zero-order chi connectivity index (χ0) is 21.0. The van der Waals surface area contributed by atoms with E-state index in [-0.39, 0.29) is 29.9 Å². The summed E-state index contributed by atoms with van der Waals surface area (Å²) in [5, 5.41) is 2.19. The number of carbonyl (C=O) groups excluding carboxylic acids is 2. The van der Waals surface area contributed by atoms with Crippen molar-refractivity contribution in [1.82, 2.24) is 14.9 Å². The van der Waals surface area contributed by atoms with Gasteiger partial charge in [0.2, 0.25) is 21.7 Å². The zero-order valence-electron chi connectivity index (χ0n) is 16.3. The summed E-state index contributed by atoms with van der Waals surface area (Å²) in [7, 11) is -3.59. The number of rotatable bonds is 12. The van der Waals surface area contributed by atoms with Crippen LogP contribution in [0.15, 0.2) is 10.5 Å². The van der Waals surface area contributed by atoms with Gasteiger partial charge in [0.1, 0.15) is 12.3 Å². The Hall–Kier alpha value is -2.14. The van der Waals surface area contributed by atoms with E-state index in [1.807, 2.05) is 0 Å². The summed E-state index contributed by atoms with van der Waals surface area (Å²) in [4.78, 5) is 23.9. The molecule has 2 heterocycles. The van der Waals surface area contributed by atoms with E-state index in [2.05, 4.69) is 10.0 Å². The highest BCUT2D eigenvalue weighted by atomic mass is 32.2. The molecule has 1 aromatic heterocycles. The average Bonchev–Trinajstić information content (AvgIpc) is 3.31. The number of furan rings is 1. The largest absolute Gasteiger partial charge is 0.463 e. The molecular formula is C18H26FN3O6S. The molecule has 0 bridgehead atoms. The molecule has 0 aromatic carbocycles. The molecule has 3 rings (SSSR count). The highest BCUT2D eigenvalue weighted by molar-refractivity contribution is 7.89. The van der Waals surface area contributed by atoms with Gasteiger partial charge < -0.3 is 14.1 Å². The Morgan fingerprint density at radius 3 is 2.76 bits per heavy atom. The molecule has 2 N–H and O–H groups in total. The van der Waals surface area contributed by atoms with Gasteiger partial charge in [-0.2, -0.15) is 4.39 Å². The highest BCUT2D eigenvalue weighted by Crippen LogP contribution is 2.32. The first-order valence-electron chi connectivity index (χ1n) is 9.74. The van der Waals surface area contributed by atoms with Crippen LogP contribution in [0.2, 0.25) is 0 Å². The van der Waals surface area contributed by atoms with Crippen LogP contribution in [0.25, 0.3) is 0 Å². The summed E-state index contributed by atoms with van der Waals surface area (Å²) in [5.74, 6) is -0.679. The number of unbranched alkanes of at least 4 members (excludes halogenated alkanes) is 2. The van der Waals surface area contributed by atoms with E-state index in [1.165, 1.54) is 4.90 Å². The first-order chi connectivity index (χ1) is 13.7. The van der Waals surface area contributed by atoms with Crippen molar-refractivity contribution in [3.05, 3.63) is 17.6 Å². The lowest BCUT2D eigenvalue weighted by molar-refractivity contribution is -0.118. The van der Waals surface area contributed by atoms with Crippen LogP contribution < -0.4 is 14.8 Å². The van der Waals surface area contributed by atoms with Crippen LogP contribution in [0.1, 0.15) is 50.8 Å². The summed E-state index contributed by atoms with van der Waals surface area (Å²) in [6.45, 7) is 2.42. The molecule has 2 aliphatic rings. The van der Waals surface area contributed by atoms with Crippen molar-refractivity contribution in [2.75, 3.05) is 25.4 Å². The molecule has 162 valence electrons. The molecule has 1 atom stereocenters. The summed E-state index contributed by atoms with van der Waals surface area (Å²) in [5.41, 5.74) is 0. The third-order valence-electron chi connectivity index (χ3n) is 4.81. The Labute approximate surface area is 169 Å². The van der Waals surface area contributed by atoms with E-state index in [0.29, 0.717) is 38.3 Å². The van der Waals surface area contributed by atoms with Gasteiger partial charge in [-0.25, -0.2) is 17.9 Å². The molecule has 1 aromatic rings. The minimum atomic E-state index is -3.59. The van der Waals surface area contributed by atoms with Gasteiger partial charge in [-0.3, -0.25) is 10.1 Å². The highest BCUT2D eigenvalue weighted by Gasteiger charge is 2.27. The van der Waals surface area contributed by atoms with Crippen molar-refractivity contribution < 1.29 is 31.6 Å². The van der Waals surface area contributed by atoms with Gasteiger partial charge in [0.25, 0.3) is 0 Å². The number of hydrogen-bond donors (Lipinski definition) is 2. The van der Waals surface area contributed by atoms with E-state index in [1.54, 1.807) is 6.92 Å². The van der Waals surface area contributed by atoms with Gasteiger partial charge in [0, 0.05) is 12.6 Å². The molecular weight excluding hydrogens is 405 g/mol. The second kappa shape index (κ2) is 9.12. The second-order valence-corrected chi connectivity index (χ2v) is 9.41. The van der Waals surface area contributed by atoms with Gasteiger partial charge in [-0.05, 0) is 38.5 Å². The number of amides is 3. The number of nitrogens with zero attached hydrogens (tertiary/aromatic N) is 1. The number of urea groups is 1. The number of carbonyl (C=O) groups is 2. The third kappa shape index (κ3) is 6.43. The number of imide groups is 1. The van der Waals surface area contributed by atoms with Crippen molar-refractivity contribution in [1.29, 1.82) is 0 Å². The van der Waals surface area contributed by atoms with Crippen LogP contribution in [0, 0.1) is 11.7 Å². The van der Waals surface area contributed by atoms with Crippen molar-refractivity contribution in [3.8, 4) is 5.95 Å². The third-order valence-corrected chi connectivity index (χ3v) is 6.35. The standard InChI is InChI=1S/C18H26FN3O6S/c1-12(15-9-14(19)17(28-15)27-11-13-5-6-13)21-29(25,26)8-4-2-3-7-22-10-16(23)20-18(22)24/h9,12-13,21H,2-8,10-11H2,1H3,(H,20,23,24). The van der Waals surface area contributed by atoms with E-state index in [0.717, 1.165) is 18.9 Å². The minimum absolute atomic E-state index is 0.0439. The van der Waals surface area contributed by atoms with Crippen LogP contribution in [0.4, 0.5) is 9.18 Å². The molecule has 1 saturated carbocycles. The van der Waals surface area contributed by atoms with Gasteiger partial charge in [0.15, 0.2) is 0 Å². The van der Waals surface area contributed by atoms with Crippen LogP contribution in [0.5, 0.6) is 5.95 Å². The maximum atomic E-state index is 13.9. The van der Waals surface area contributed by atoms with Gasteiger partial charge >= 0.3 is 12.0 Å². The fourth-order valence-electron chi connectivity index (χ4n) is 2.98. The Balaban J connectivity index is 1.38. The van der Waals surface area contributed by atoms with E-state index in [4.69, 9.17) is 9.15 Å². The predicted octanol–water partition coefficient (Wildman–Crippen LogP) is 1.91. The van der Waals surface area contributed by atoms with Crippen LogP contribution in [-0.4, -0.2) is 50.7 Å². The topological polar surface area (TPSA) is 118 Å². The fourth-order valence-corrected chi connectivity index (χ4v) is 4.34. The molecule has 1 saturated heterocycles. The molecule has 3 amide bonds.